The fourth-order valence-electron chi connectivity index (χ4n) is 1.84. The van der Waals surface area contributed by atoms with Crippen molar-refractivity contribution in [1.29, 1.82) is 0 Å². The first-order chi connectivity index (χ1) is 10.2. The van der Waals surface area contributed by atoms with Gasteiger partial charge in [-0.2, -0.15) is 0 Å². The molecule has 0 spiro atoms. The quantitative estimate of drug-likeness (QED) is 0.790. The Kier molecular flexibility index (Phi) is 4.77. The number of rotatable bonds is 5. The second kappa shape index (κ2) is 6.74. The Morgan fingerprint density at radius 2 is 1.95 bits per heavy atom. The second-order valence-electron chi connectivity index (χ2n) is 4.32. The lowest BCUT2D eigenvalue weighted by molar-refractivity contribution is 0.0600. The summed E-state index contributed by atoms with van der Waals surface area (Å²) in [5.41, 5.74) is 1.53. The van der Waals surface area contributed by atoms with Crippen LogP contribution in [-0.4, -0.2) is 25.2 Å². The summed E-state index contributed by atoms with van der Waals surface area (Å²) in [5.74, 6) is 1.04. The molecular weight excluding hydrogens is 270 g/mol. The maximum Gasteiger partial charge on any atom is 0.338 e. The van der Waals surface area contributed by atoms with Crippen LogP contribution in [0.5, 0.6) is 17.4 Å². The van der Waals surface area contributed by atoms with Crippen molar-refractivity contribution in [2.24, 2.45) is 0 Å². The van der Waals surface area contributed by atoms with Crippen molar-refractivity contribution in [2.45, 2.75) is 13.3 Å². The Hall–Kier alpha value is -2.56. The molecule has 110 valence electrons. The number of hydrogen-bond donors (Lipinski definition) is 0. The lowest BCUT2D eigenvalue weighted by atomic mass is 10.1. The number of aromatic nitrogens is 1. The van der Waals surface area contributed by atoms with Crippen molar-refractivity contribution in [1.82, 2.24) is 4.98 Å². The standard InChI is InChI=1S/C16H17NO4/c1-4-11-5-6-13(14(9-11)19-2)21-15-10-12(7-8-17-15)16(18)20-3/h5-10H,4H2,1-3H3. The minimum atomic E-state index is -0.435. The maximum atomic E-state index is 11.5. The fraction of sp³-hybridized carbons (Fsp3) is 0.250. The first kappa shape index (κ1) is 14.8. The molecule has 0 aliphatic carbocycles. The number of carbonyl (C=O) groups is 1. The number of ether oxygens (including phenoxy) is 3. The molecule has 0 aliphatic heterocycles. The Labute approximate surface area is 123 Å². The van der Waals surface area contributed by atoms with Crippen LogP contribution in [0.2, 0.25) is 0 Å². The Balaban J connectivity index is 2.27. The third kappa shape index (κ3) is 3.51. The summed E-state index contributed by atoms with van der Waals surface area (Å²) in [4.78, 5) is 15.6. The average Bonchev–Trinajstić information content (AvgIpc) is 2.54. The molecule has 1 heterocycles. The van der Waals surface area contributed by atoms with Crippen molar-refractivity contribution in [3.63, 3.8) is 0 Å². The SMILES string of the molecule is CCc1ccc(Oc2cc(C(=O)OC)ccn2)c(OC)c1. The highest BCUT2D eigenvalue weighted by Crippen LogP contribution is 2.31. The molecule has 0 unspecified atom stereocenters. The van der Waals surface area contributed by atoms with Gasteiger partial charge in [-0.15, -0.1) is 0 Å². The number of methoxy groups -OCH3 is 2. The fourth-order valence-corrected chi connectivity index (χ4v) is 1.84. The average molecular weight is 287 g/mol. The predicted octanol–water partition coefficient (Wildman–Crippen LogP) is 3.23. The zero-order valence-electron chi connectivity index (χ0n) is 12.3. The van der Waals surface area contributed by atoms with Gasteiger partial charge in [0.1, 0.15) is 0 Å². The summed E-state index contributed by atoms with van der Waals surface area (Å²) < 4.78 is 15.7. The van der Waals surface area contributed by atoms with Crippen molar-refractivity contribution in [2.75, 3.05) is 14.2 Å². The molecule has 0 fully saturated rings. The van der Waals surface area contributed by atoms with Crippen molar-refractivity contribution >= 4 is 5.97 Å². The molecule has 0 atom stereocenters. The number of hydrogen-bond acceptors (Lipinski definition) is 5. The minimum absolute atomic E-state index is 0.306. The second-order valence-corrected chi connectivity index (χ2v) is 4.32. The first-order valence-electron chi connectivity index (χ1n) is 6.57. The van der Waals surface area contributed by atoms with Gasteiger partial charge in [0.25, 0.3) is 0 Å². The van der Waals surface area contributed by atoms with E-state index in [1.54, 1.807) is 13.2 Å². The monoisotopic (exact) mass is 287 g/mol. The van der Waals surface area contributed by atoms with E-state index in [0.29, 0.717) is 22.9 Å². The smallest absolute Gasteiger partial charge is 0.338 e. The van der Waals surface area contributed by atoms with E-state index in [0.717, 1.165) is 12.0 Å². The molecule has 0 saturated carbocycles. The van der Waals surface area contributed by atoms with Gasteiger partial charge in [0.05, 0.1) is 19.8 Å². The van der Waals surface area contributed by atoms with Gasteiger partial charge in [-0.05, 0) is 30.2 Å². The van der Waals surface area contributed by atoms with E-state index in [4.69, 9.17) is 9.47 Å². The molecule has 0 N–H and O–H groups in total. The molecule has 21 heavy (non-hydrogen) atoms. The Bertz CT molecular complexity index is 640. The summed E-state index contributed by atoms with van der Waals surface area (Å²) in [5, 5.41) is 0. The van der Waals surface area contributed by atoms with Crippen molar-refractivity contribution < 1.29 is 19.0 Å². The third-order valence-corrected chi connectivity index (χ3v) is 3.01. The van der Waals surface area contributed by atoms with Crippen LogP contribution in [0.1, 0.15) is 22.8 Å². The van der Waals surface area contributed by atoms with Gasteiger partial charge in [0, 0.05) is 12.3 Å². The van der Waals surface area contributed by atoms with Crippen LogP contribution in [-0.2, 0) is 11.2 Å². The molecular formula is C16H17NO4. The zero-order chi connectivity index (χ0) is 15.2. The van der Waals surface area contributed by atoms with E-state index in [9.17, 15) is 4.79 Å². The van der Waals surface area contributed by atoms with Crippen LogP contribution in [0.15, 0.2) is 36.5 Å². The van der Waals surface area contributed by atoms with Gasteiger partial charge < -0.3 is 14.2 Å². The summed E-state index contributed by atoms with van der Waals surface area (Å²) in [6.07, 6.45) is 2.40. The van der Waals surface area contributed by atoms with E-state index < -0.39 is 5.97 Å². The maximum absolute atomic E-state index is 11.5. The zero-order valence-corrected chi connectivity index (χ0v) is 12.3. The van der Waals surface area contributed by atoms with Gasteiger partial charge >= 0.3 is 5.97 Å². The molecule has 0 bridgehead atoms. The van der Waals surface area contributed by atoms with Crippen molar-refractivity contribution in [3.05, 3.63) is 47.7 Å². The third-order valence-electron chi connectivity index (χ3n) is 3.01. The lowest BCUT2D eigenvalue weighted by Gasteiger charge is -2.11. The summed E-state index contributed by atoms with van der Waals surface area (Å²) in [7, 11) is 2.91. The highest BCUT2D eigenvalue weighted by Gasteiger charge is 2.10. The summed E-state index contributed by atoms with van der Waals surface area (Å²) >= 11 is 0. The molecule has 5 nitrogen and oxygen atoms in total. The highest BCUT2D eigenvalue weighted by molar-refractivity contribution is 5.89. The molecule has 2 aromatic rings. The number of nitrogens with zero attached hydrogens (tertiary/aromatic N) is 1. The van der Waals surface area contributed by atoms with Crippen LogP contribution >= 0.6 is 0 Å². The normalized spacial score (nSPS) is 10.0. The largest absolute Gasteiger partial charge is 0.493 e. The van der Waals surface area contributed by atoms with Crippen LogP contribution < -0.4 is 9.47 Å². The van der Waals surface area contributed by atoms with Crippen LogP contribution in [0.3, 0.4) is 0 Å². The highest BCUT2D eigenvalue weighted by atomic mass is 16.5. The molecule has 0 radical (unpaired) electrons. The molecule has 1 aromatic heterocycles. The van der Waals surface area contributed by atoms with Crippen LogP contribution in [0, 0.1) is 0 Å². The topological polar surface area (TPSA) is 57.7 Å². The van der Waals surface area contributed by atoms with Gasteiger partial charge in [-0.3, -0.25) is 0 Å². The summed E-state index contributed by atoms with van der Waals surface area (Å²) in [6, 6.07) is 8.79. The van der Waals surface area contributed by atoms with Gasteiger partial charge in [-0.1, -0.05) is 13.0 Å². The molecule has 1 aromatic carbocycles. The molecule has 0 aliphatic rings. The van der Waals surface area contributed by atoms with E-state index in [1.807, 2.05) is 18.2 Å². The molecule has 2 rings (SSSR count). The number of esters is 1. The van der Waals surface area contributed by atoms with E-state index in [2.05, 4.69) is 16.6 Å². The number of pyridine rings is 1. The van der Waals surface area contributed by atoms with E-state index in [-0.39, 0.29) is 0 Å². The van der Waals surface area contributed by atoms with Crippen LogP contribution in [0.4, 0.5) is 0 Å². The predicted molar refractivity (Wildman–Crippen MR) is 78.0 cm³/mol. The van der Waals surface area contributed by atoms with Crippen molar-refractivity contribution in [3.8, 4) is 17.4 Å². The van der Waals surface area contributed by atoms with E-state index >= 15 is 0 Å². The first-order valence-corrected chi connectivity index (χ1v) is 6.57. The number of aryl methyl sites for hydroxylation is 1. The Morgan fingerprint density at radius 1 is 1.14 bits per heavy atom. The number of carbonyl (C=O) groups excluding carboxylic acids is 1. The molecule has 5 heteroatoms. The molecule has 0 amide bonds. The molecule has 0 saturated heterocycles. The van der Waals surface area contributed by atoms with Crippen LogP contribution in [0.25, 0.3) is 0 Å². The van der Waals surface area contributed by atoms with Gasteiger partial charge in [0.2, 0.25) is 5.88 Å². The minimum Gasteiger partial charge on any atom is -0.493 e. The number of benzene rings is 1. The van der Waals surface area contributed by atoms with E-state index in [1.165, 1.54) is 19.4 Å². The van der Waals surface area contributed by atoms with Gasteiger partial charge in [-0.25, -0.2) is 9.78 Å². The van der Waals surface area contributed by atoms with Gasteiger partial charge in [0.15, 0.2) is 11.5 Å². The lowest BCUT2D eigenvalue weighted by Crippen LogP contribution is -2.02. The Morgan fingerprint density at radius 3 is 2.62 bits per heavy atom. The summed E-state index contributed by atoms with van der Waals surface area (Å²) in [6.45, 7) is 2.07.